The van der Waals surface area contributed by atoms with E-state index in [0.717, 1.165) is 12.8 Å². The van der Waals surface area contributed by atoms with Crippen molar-refractivity contribution < 1.29 is 24.5 Å². The van der Waals surface area contributed by atoms with Crippen molar-refractivity contribution in [2.75, 3.05) is 13.1 Å². The third kappa shape index (κ3) is 3.61. The van der Waals surface area contributed by atoms with Gasteiger partial charge in [-0.1, -0.05) is 54.6 Å². The molecule has 6 nitrogen and oxygen atoms in total. The van der Waals surface area contributed by atoms with Gasteiger partial charge in [0, 0.05) is 29.4 Å². The molecule has 0 radical (unpaired) electrons. The normalized spacial score (nSPS) is 14.7. The van der Waals surface area contributed by atoms with E-state index < -0.39 is 12.1 Å². The van der Waals surface area contributed by atoms with Gasteiger partial charge in [-0.15, -0.1) is 0 Å². The molecule has 0 bridgehead atoms. The molecule has 0 saturated carbocycles. The number of hydrogen-bond acceptors (Lipinski definition) is 5. The summed E-state index contributed by atoms with van der Waals surface area (Å²) in [6.45, 7) is 1.25. The number of hydrogen-bond donors (Lipinski definition) is 2. The maximum Gasteiger partial charge on any atom is 0.343 e. The minimum absolute atomic E-state index is 0.146. The Bertz CT molecular complexity index is 1060. The molecule has 1 heterocycles. The Morgan fingerprint density at radius 2 is 1.52 bits per heavy atom. The van der Waals surface area contributed by atoms with Gasteiger partial charge in [-0.2, -0.15) is 0 Å². The number of likely N-dealkylation sites (tertiary alicyclic amines) is 1. The SMILES string of the molecule is O=C(O[C@@H](C(=O)N1CCCC1)c1ccccc1)c1cc(O)c2ccccc2c1O. The maximum absolute atomic E-state index is 13.0. The number of phenolic OH excluding ortho intramolecular Hbond substituents is 2. The fourth-order valence-electron chi connectivity index (χ4n) is 3.66. The smallest absolute Gasteiger partial charge is 0.343 e. The number of phenols is 2. The summed E-state index contributed by atoms with van der Waals surface area (Å²) in [4.78, 5) is 27.6. The van der Waals surface area contributed by atoms with Crippen molar-refractivity contribution in [2.24, 2.45) is 0 Å². The molecule has 1 fully saturated rings. The van der Waals surface area contributed by atoms with E-state index in [0.29, 0.717) is 29.4 Å². The molecule has 3 aromatic carbocycles. The molecule has 4 rings (SSSR count). The van der Waals surface area contributed by atoms with E-state index in [1.165, 1.54) is 6.07 Å². The Hall–Kier alpha value is -3.54. The fourth-order valence-corrected chi connectivity index (χ4v) is 3.66. The minimum Gasteiger partial charge on any atom is -0.507 e. The summed E-state index contributed by atoms with van der Waals surface area (Å²) in [5.74, 6) is -1.59. The van der Waals surface area contributed by atoms with E-state index in [-0.39, 0.29) is 23.0 Å². The predicted octanol–water partition coefficient (Wildman–Crippen LogP) is 3.77. The molecular formula is C23H21NO5. The van der Waals surface area contributed by atoms with Gasteiger partial charge in [-0.25, -0.2) is 4.79 Å². The van der Waals surface area contributed by atoms with Crippen molar-refractivity contribution in [1.29, 1.82) is 0 Å². The highest BCUT2D eigenvalue weighted by atomic mass is 16.5. The number of esters is 1. The Balaban J connectivity index is 1.69. The molecule has 2 N–H and O–H groups in total. The Kier molecular flexibility index (Phi) is 5.08. The van der Waals surface area contributed by atoms with Crippen molar-refractivity contribution in [1.82, 2.24) is 4.90 Å². The largest absolute Gasteiger partial charge is 0.507 e. The zero-order valence-electron chi connectivity index (χ0n) is 15.7. The van der Waals surface area contributed by atoms with Crippen molar-refractivity contribution in [2.45, 2.75) is 18.9 Å². The van der Waals surface area contributed by atoms with Gasteiger partial charge in [0.05, 0.1) is 0 Å². The zero-order chi connectivity index (χ0) is 20.4. The summed E-state index contributed by atoms with van der Waals surface area (Å²) in [6.07, 6.45) is 0.718. The molecule has 0 aliphatic carbocycles. The van der Waals surface area contributed by atoms with E-state index in [2.05, 4.69) is 0 Å². The second kappa shape index (κ2) is 7.83. The highest BCUT2D eigenvalue weighted by molar-refractivity contribution is 6.04. The summed E-state index contributed by atoms with van der Waals surface area (Å²) in [5.41, 5.74) is 0.374. The topological polar surface area (TPSA) is 87.1 Å². The molecule has 1 aliphatic heterocycles. The Labute approximate surface area is 168 Å². The number of nitrogens with zero attached hydrogens (tertiary/aromatic N) is 1. The van der Waals surface area contributed by atoms with Crippen LogP contribution in [0.25, 0.3) is 10.8 Å². The molecule has 1 amide bonds. The number of rotatable bonds is 4. The second-order valence-corrected chi connectivity index (χ2v) is 7.07. The molecule has 0 unspecified atom stereocenters. The standard InChI is InChI=1S/C23H21NO5/c25-19-14-18(20(26)17-11-5-4-10-16(17)19)23(28)29-21(15-8-2-1-3-9-15)22(27)24-12-6-7-13-24/h1-5,8-11,14,21,25-26H,6-7,12-13H2/t21-/m1/s1. The van der Waals surface area contributed by atoms with E-state index in [1.807, 2.05) is 6.07 Å². The number of benzene rings is 3. The third-order valence-corrected chi connectivity index (χ3v) is 5.18. The Morgan fingerprint density at radius 1 is 0.897 bits per heavy atom. The molecule has 29 heavy (non-hydrogen) atoms. The molecule has 1 saturated heterocycles. The maximum atomic E-state index is 13.0. The van der Waals surface area contributed by atoms with Crippen LogP contribution in [-0.4, -0.2) is 40.1 Å². The number of carbonyl (C=O) groups is 2. The second-order valence-electron chi connectivity index (χ2n) is 7.07. The quantitative estimate of drug-likeness (QED) is 0.522. The van der Waals surface area contributed by atoms with Crippen LogP contribution >= 0.6 is 0 Å². The highest BCUT2D eigenvalue weighted by Gasteiger charge is 2.32. The molecule has 0 spiro atoms. The first-order valence-corrected chi connectivity index (χ1v) is 9.54. The van der Waals surface area contributed by atoms with Crippen molar-refractivity contribution >= 4 is 22.6 Å². The van der Waals surface area contributed by atoms with Crippen LogP contribution in [0.2, 0.25) is 0 Å². The first-order valence-electron chi connectivity index (χ1n) is 9.54. The lowest BCUT2D eigenvalue weighted by atomic mass is 10.0. The average molecular weight is 391 g/mol. The molecule has 0 aromatic heterocycles. The van der Waals surface area contributed by atoms with Crippen molar-refractivity contribution in [3.8, 4) is 11.5 Å². The first kappa shape index (κ1) is 18.8. The summed E-state index contributed by atoms with van der Waals surface area (Å²) >= 11 is 0. The van der Waals surface area contributed by atoms with Crippen LogP contribution in [0.15, 0.2) is 60.7 Å². The van der Waals surface area contributed by atoms with Gasteiger partial charge in [0.2, 0.25) is 6.10 Å². The highest BCUT2D eigenvalue weighted by Crippen LogP contribution is 2.36. The van der Waals surface area contributed by atoms with E-state index in [4.69, 9.17) is 4.74 Å². The molecule has 3 aromatic rings. The number of carbonyl (C=O) groups excluding carboxylic acids is 2. The fraction of sp³-hybridized carbons (Fsp3) is 0.217. The van der Waals surface area contributed by atoms with Gasteiger partial charge in [0.1, 0.15) is 17.1 Å². The minimum atomic E-state index is -1.12. The monoisotopic (exact) mass is 391 g/mol. The van der Waals surface area contributed by atoms with Crippen LogP contribution in [0.5, 0.6) is 11.5 Å². The molecular weight excluding hydrogens is 370 g/mol. The first-order chi connectivity index (χ1) is 14.1. The average Bonchev–Trinajstić information content (AvgIpc) is 3.29. The summed E-state index contributed by atoms with van der Waals surface area (Å²) in [7, 11) is 0. The van der Waals surface area contributed by atoms with Gasteiger partial charge in [-0.05, 0) is 18.9 Å². The van der Waals surface area contributed by atoms with Crippen LogP contribution in [-0.2, 0) is 9.53 Å². The molecule has 148 valence electrons. The van der Waals surface area contributed by atoms with E-state index >= 15 is 0 Å². The number of fused-ring (bicyclic) bond motifs is 1. The van der Waals surface area contributed by atoms with Crippen LogP contribution in [0.3, 0.4) is 0 Å². The number of ether oxygens (including phenoxy) is 1. The van der Waals surface area contributed by atoms with Crippen molar-refractivity contribution in [3.05, 3.63) is 71.8 Å². The van der Waals surface area contributed by atoms with Gasteiger partial charge in [0.15, 0.2) is 0 Å². The summed E-state index contributed by atoms with van der Waals surface area (Å²) in [5, 5.41) is 21.6. The number of aromatic hydroxyl groups is 2. The van der Waals surface area contributed by atoms with Crippen LogP contribution in [0.4, 0.5) is 0 Å². The lowest BCUT2D eigenvalue weighted by molar-refractivity contribution is -0.140. The van der Waals surface area contributed by atoms with Crippen LogP contribution in [0.1, 0.15) is 34.9 Å². The van der Waals surface area contributed by atoms with E-state index in [9.17, 15) is 19.8 Å². The third-order valence-electron chi connectivity index (χ3n) is 5.18. The van der Waals surface area contributed by atoms with Gasteiger partial charge in [0.25, 0.3) is 5.91 Å². The van der Waals surface area contributed by atoms with Gasteiger partial charge in [-0.3, -0.25) is 4.79 Å². The molecule has 1 atom stereocenters. The summed E-state index contributed by atoms with van der Waals surface area (Å²) < 4.78 is 5.58. The predicted molar refractivity (Wildman–Crippen MR) is 108 cm³/mol. The van der Waals surface area contributed by atoms with Gasteiger partial charge >= 0.3 is 5.97 Å². The van der Waals surface area contributed by atoms with Crippen molar-refractivity contribution in [3.63, 3.8) is 0 Å². The lowest BCUT2D eigenvalue weighted by Crippen LogP contribution is -2.34. The lowest BCUT2D eigenvalue weighted by Gasteiger charge is -2.23. The Morgan fingerprint density at radius 3 is 2.21 bits per heavy atom. The molecule has 6 heteroatoms. The zero-order valence-corrected chi connectivity index (χ0v) is 15.7. The number of amides is 1. The van der Waals surface area contributed by atoms with E-state index in [1.54, 1.807) is 53.4 Å². The molecule has 1 aliphatic rings. The van der Waals surface area contributed by atoms with Crippen LogP contribution in [0, 0.1) is 0 Å². The van der Waals surface area contributed by atoms with Crippen LogP contribution < -0.4 is 0 Å². The summed E-state index contributed by atoms with van der Waals surface area (Å²) in [6, 6.07) is 16.6. The van der Waals surface area contributed by atoms with Gasteiger partial charge < -0.3 is 19.8 Å².